The zero-order chi connectivity index (χ0) is 12.8. The van der Waals surface area contributed by atoms with Gasteiger partial charge in [-0.05, 0) is 6.42 Å². The molecule has 0 aromatic carbocycles. The van der Waals surface area contributed by atoms with E-state index in [0.717, 1.165) is 0 Å². The van der Waals surface area contributed by atoms with Crippen molar-refractivity contribution in [1.82, 2.24) is 0 Å². The molecule has 98 valence electrons. The molecule has 0 saturated carbocycles. The van der Waals surface area contributed by atoms with Gasteiger partial charge >= 0.3 is 8.25 Å². The summed E-state index contributed by atoms with van der Waals surface area (Å²) in [5, 5.41) is 8.83. The Morgan fingerprint density at radius 3 is 2.31 bits per heavy atom. The van der Waals surface area contributed by atoms with Crippen LogP contribution in [-0.4, -0.2) is 18.0 Å². The zero-order valence-corrected chi connectivity index (χ0v) is 11.3. The Kier molecular flexibility index (Phi) is 16.8. The van der Waals surface area contributed by atoms with Gasteiger partial charge in [-0.2, -0.15) is 4.67 Å². The van der Waals surface area contributed by atoms with Crippen LogP contribution in [0.4, 0.5) is 0 Å². The van der Waals surface area contributed by atoms with Gasteiger partial charge in [-0.25, -0.2) is 4.89 Å². The van der Waals surface area contributed by atoms with Crippen LogP contribution in [-0.2, 0) is 18.7 Å². The normalized spacial score (nSPS) is 13.5. The number of unbranched alkanes of at least 4 members (excludes halogenated alkanes) is 1. The van der Waals surface area contributed by atoms with Crippen LogP contribution in [0.2, 0.25) is 0 Å². The molecule has 2 atom stereocenters. The highest BCUT2D eigenvalue weighted by Crippen LogP contribution is 2.26. The first-order chi connectivity index (χ1) is 7.62. The molecule has 0 spiro atoms. The molecule has 0 aliphatic carbocycles. The molecule has 0 aliphatic rings. The Hall–Kier alpha value is -0.190. The summed E-state index contributed by atoms with van der Waals surface area (Å²) in [5.41, 5.74) is 0. The molecule has 0 rings (SSSR count). The maximum atomic E-state index is 10.7. The highest BCUT2D eigenvalue weighted by Gasteiger charge is 2.06. The summed E-state index contributed by atoms with van der Waals surface area (Å²) >= 11 is 0. The van der Waals surface area contributed by atoms with Crippen LogP contribution in [0, 0.1) is 0 Å². The van der Waals surface area contributed by atoms with Gasteiger partial charge in [0.2, 0.25) is 0 Å². The molecular formula is C10H23O5P. The van der Waals surface area contributed by atoms with Gasteiger partial charge in [-0.15, -0.1) is 6.58 Å². The second-order valence-corrected chi connectivity index (χ2v) is 3.79. The predicted octanol–water partition coefficient (Wildman–Crippen LogP) is 3.06. The molecule has 0 aromatic rings. The van der Waals surface area contributed by atoms with Crippen LogP contribution in [0.15, 0.2) is 12.7 Å². The maximum Gasteiger partial charge on any atom is 0.349 e. The van der Waals surface area contributed by atoms with Crippen molar-refractivity contribution in [3.63, 3.8) is 0 Å². The molecule has 0 aliphatic heterocycles. The molecule has 0 saturated heterocycles. The van der Waals surface area contributed by atoms with Gasteiger partial charge in [-0.3, -0.25) is 9.09 Å². The molecule has 6 heteroatoms. The summed E-state index contributed by atoms with van der Waals surface area (Å²) in [6.07, 6.45) is 3.36. The van der Waals surface area contributed by atoms with E-state index in [9.17, 15) is 4.57 Å². The van der Waals surface area contributed by atoms with E-state index in [1.807, 2.05) is 0 Å². The Morgan fingerprint density at radius 1 is 1.38 bits per heavy atom. The molecule has 2 unspecified atom stereocenters. The maximum absolute atomic E-state index is 10.7. The Morgan fingerprint density at radius 2 is 1.94 bits per heavy atom. The Balaban J connectivity index is 0. The number of aliphatic hydroxyl groups is 1. The van der Waals surface area contributed by atoms with Crippen molar-refractivity contribution in [1.29, 1.82) is 0 Å². The first-order valence-corrected chi connectivity index (χ1v) is 6.63. The van der Waals surface area contributed by atoms with Crippen molar-refractivity contribution in [3.05, 3.63) is 12.7 Å². The molecule has 0 aromatic heterocycles. The van der Waals surface area contributed by atoms with Gasteiger partial charge < -0.3 is 5.11 Å². The summed E-state index contributed by atoms with van der Waals surface area (Å²) in [5.74, 6) is 0. The van der Waals surface area contributed by atoms with Crippen LogP contribution in [0.25, 0.3) is 0 Å². The third-order valence-electron chi connectivity index (χ3n) is 1.39. The molecule has 16 heavy (non-hydrogen) atoms. The zero-order valence-electron chi connectivity index (χ0n) is 10.3. The van der Waals surface area contributed by atoms with E-state index in [-0.39, 0.29) is 6.61 Å². The van der Waals surface area contributed by atoms with E-state index >= 15 is 0 Å². The standard InChI is InChI=1S/C6H13O5P.C4H10/c1-3-5-9-11-12(8)10-6(7)4-2;1-3-4-2/h3,6-7,12H,1,4-5H2,2H3;3-4H2,1-2H3. The molecule has 0 amide bonds. The highest BCUT2D eigenvalue weighted by atomic mass is 31.1. The van der Waals surface area contributed by atoms with E-state index in [4.69, 9.17) is 5.11 Å². The smallest absolute Gasteiger partial charge is 0.349 e. The minimum Gasteiger partial charge on any atom is -0.368 e. The van der Waals surface area contributed by atoms with Crippen LogP contribution in [0.3, 0.4) is 0 Å². The fraction of sp³-hybridized carbons (Fsp3) is 0.800. The minimum absolute atomic E-state index is 0.127. The van der Waals surface area contributed by atoms with Gasteiger partial charge in [-0.1, -0.05) is 39.7 Å². The fourth-order valence-electron chi connectivity index (χ4n) is 0.344. The molecular weight excluding hydrogens is 231 g/mol. The first kappa shape index (κ1) is 18.2. The Labute approximate surface area is 98.3 Å². The second-order valence-electron chi connectivity index (χ2n) is 2.89. The molecule has 0 radical (unpaired) electrons. The van der Waals surface area contributed by atoms with Crippen molar-refractivity contribution >= 4 is 8.25 Å². The van der Waals surface area contributed by atoms with Gasteiger partial charge in [0.05, 0.1) is 0 Å². The van der Waals surface area contributed by atoms with Crippen molar-refractivity contribution in [2.45, 2.75) is 46.3 Å². The van der Waals surface area contributed by atoms with Crippen LogP contribution < -0.4 is 0 Å². The topological polar surface area (TPSA) is 65.0 Å². The monoisotopic (exact) mass is 254 g/mol. The number of hydrogen-bond acceptors (Lipinski definition) is 5. The van der Waals surface area contributed by atoms with Crippen molar-refractivity contribution in [2.75, 3.05) is 6.61 Å². The quantitative estimate of drug-likeness (QED) is 0.180. The summed E-state index contributed by atoms with van der Waals surface area (Å²) in [6, 6.07) is 0. The lowest BCUT2D eigenvalue weighted by atomic mass is 10.4. The lowest BCUT2D eigenvalue weighted by Crippen LogP contribution is -2.05. The van der Waals surface area contributed by atoms with Crippen molar-refractivity contribution < 1.29 is 23.8 Å². The van der Waals surface area contributed by atoms with Crippen molar-refractivity contribution in [3.8, 4) is 0 Å². The van der Waals surface area contributed by atoms with E-state index in [0.29, 0.717) is 6.42 Å². The molecule has 0 heterocycles. The predicted molar refractivity (Wildman–Crippen MR) is 64.2 cm³/mol. The number of hydrogen-bond donors (Lipinski definition) is 1. The van der Waals surface area contributed by atoms with Gasteiger partial charge in [0.1, 0.15) is 6.61 Å². The van der Waals surface area contributed by atoms with Crippen LogP contribution in [0.1, 0.15) is 40.0 Å². The number of aliphatic hydroxyl groups excluding tert-OH is 1. The average Bonchev–Trinajstić information content (AvgIpc) is 2.29. The van der Waals surface area contributed by atoms with Crippen molar-refractivity contribution in [2.24, 2.45) is 0 Å². The molecule has 1 N–H and O–H groups in total. The lowest BCUT2D eigenvalue weighted by molar-refractivity contribution is -0.205. The van der Waals surface area contributed by atoms with Crippen LogP contribution >= 0.6 is 8.25 Å². The van der Waals surface area contributed by atoms with E-state index in [1.165, 1.54) is 18.9 Å². The largest absolute Gasteiger partial charge is 0.368 e. The second kappa shape index (κ2) is 14.8. The molecule has 0 bridgehead atoms. The van der Waals surface area contributed by atoms with E-state index in [1.54, 1.807) is 6.92 Å². The van der Waals surface area contributed by atoms with Crippen LogP contribution in [0.5, 0.6) is 0 Å². The third-order valence-corrected chi connectivity index (χ3v) is 2.11. The minimum atomic E-state index is -2.74. The van der Waals surface area contributed by atoms with E-state index in [2.05, 4.69) is 34.5 Å². The molecule has 0 fully saturated rings. The summed E-state index contributed by atoms with van der Waals surface area (Å²) < 4.78 is 19.4. The van der Waals surface area contributed by atoms with Gasteiger partial charge in [0.25, 0.3) is 0 Å². The fourth-order valence-corrected chi connectivity index (χ4v) is 0.937. The molecule has 5 nitrogen and oxygen atoms in total. The summed E-state index contributed by atoms with van der Waals surface area (Å²) in [6.45, 7) is 9.52. The summed E-state index contributed by atoms with van der Waals surface area (Å²) in [7, 11) is -2.74. The highest BCUT2D eigenvalue weighted by molar-refractivity contribution is 7.33. The Bertz CT molecular complexity index is 173. The number of rotatable bonds is 8. The average molecular weight is 254 g/mol. The third kappa shape index (κ3) is 16.2. The summed E-state index contributed by atoms with van der Waals surface area (Å²) in [4.78, 5) is 4.37. The first-order valence-electron chi connectivity index (χ1n) is 5.41. The van der Waals surface area contributed by atoms with Gasteiger partial charge in [0.15, 0.2) is 6.29 Å². The lowest BCUT2D eigenvalue weighted by Gasteiger charge is -2.07. The van der Waals surface area contributed by atoms with Gasteiger partial charge in [0, 0.05) is 0 Å². The van der Waals surface area contributed by atoms with E-state index < -0.39 is 14.5 Å². The SMILES string of the molecule is C=CCOO[PH](=O)OC(O)CC.CCCC.